The Kier molecular flexibility index (Phi) is 7.98. The molecule has 3 amide bonds. The molecular weight excluding hydrogens is 467 g/mol. The van der Waals surface area contributed by atoms with Crippen LogP contribution in [0.25, 0.3) is 0 Å². The summed E-state index contributed by atoms with van der Waals surface area (Å²) in [4.78, 5) is 30.6. The van der Waals surface area contributed by atoms with E-state index in [1.165, 1.54) is 16.8 Å². The Labute approximate surface area is 202 Å². The van der Waals surface area contributed by atoms with Crippen molar-refractivity contribution >= 4 is 29.7 Å². The average Bonchev–Trinajstić information content (AvgIpc) is 3.13. The zero-order valence-electron chi connectivity index (χ0n) is 19.6. The van der Waals surface area contributed by atoms with Crippen molar-refractivity contribution in [1.82, 2.24) is 25.0 Å². The molecule has 34 heavy (non-hydrogen) atoms. The zero-order valence-corrected chi connectivity index (χ0v) is 20.4. The van der Waals surface area contributed by atoms with Crippen LogP contribution in [0.5, 0.6) is 0 Å². The summed E-state index contributed by atoms with van der Waals surface area (Å²) in [5.74, 6) is 0.226. The number of amides is 3. The number of benzene rings is 1. The molecule has 1 unspecified atom stereocenters. The van der Waals surface area contributed by atoms with Gasteiger partial charge in [0.25, 0.3) is 0 Å². The maximum atomic E-state index is 13.6. The second kappa shape index (κ2) is 10.6. The number of halogens is 2. The largest absolute Gasteiger partial charge is 0.444 e. The monoisotopic (exact) mass is 496 g/mol. The minimum absolute atomic E-state index is 0.0461. The summed E-state index contributed by atoms with van der Waals surface area (Å²) in [5.41, 5.74) is -0.251. The van der Waals surface area contributed by atoms with Gasteiger partial charge in [-0.25, -0.2) is 18.7 Å². The molecule has 1 saturated heterocycles. The fraction of sp³-hybridized carbons (Fsp3) is 0.545. The minimum atomic E-state index is -1.11. The van der Waals surface area contributed by atoms with E-state index in [0.29, 0.717) is 37.3 Å². The molecule has 1 aromatic carbocycles. The third-order valence-electron chi connectivity index (χ3n) is 5.30. The van der Waals surface area contributed by atoms with Gasteiger partial charge in [-0.1, -0.05) is 17.7 Å². The van der Waals surface area contributed by atoms with Gasteiger partial charge in [0.05, 0.1) is 11.1 Å². The predicted octanol–water partition coefficient (Wildman–Crippen LogP) is 3.58. The highest BCUT2D eigenvalue weighted by molar-refractivity contribution is 6.30. The highest BCUT2D eigenvalue weighted by atomic mass is 35.5. The number of likely N-dealkylation sites (tertiary alicyclic amines) is 1. The quantitative estimate of drug-likeness (QED) is 0.581. The van der Waals surface area contributed by atoms with Gasteiger partial charge in [0.1, 0.15) is 11.4 Å². The number of aliphatic hydroxyl groups excluding tert-OH is 1. The summed E-state index contributed by atoms with van der Waals surface area (Å²) in [6.45, 7) is 6.42. The van der Waals surface area contributed by atoms with E-state index < -0.39 is 23.6 Å². The number of anilines is 1. The molecule has 1 aromatic heterocycles. The number of carbonyl (C=O) groups is 2. The van der Waals surface area contributed by atoms with Gasteiger partial charge in [-0.15, -0.1) is 0 Å². The number of piperidine rings is 1. The molecule has 0 aliphatic carbocycles. The van der Waals surface area contributed by atoms with Crippen LogP contribution >= 0.6 is 11.6 Å². The smallest absolute Gasteiger partial charge is 0.410 e. The van der Waals surface area contributed by atoms with Crippen LogP contribution in [0.1, 0.15) is 57.0 Å². The Hall–Kier alpha value is -2.92. The maximum Gasteiger partial charge on any atom is 0.410 e. The lowest BCUT2D eigenvalue weighted by Gasteiger charge is -2.32. The summed E-state index contributed by atoms with van der Waals surface area (Å²) >= 11 is 5.65. The Balaban J connectivity index is 1.50. The van der Waals surface area contributed by atoms with Crippen LogP contribution in [0.15, 0.2) is 18.2 Å². The highest BCUT2D eigenvalue weighted by Crippen LogP contribution is 2.27. The fourth-order valence-corrected chi connectivity index (χ4v) is 3.62. The van der Waals surface area contributed by atoms with Gasteiger partial charge < -0.3 is 20.1 Å². The van der Waals surface area contributed by atoms with Crippen LogP contribution in [0.3, 0.4) is 0 Å². The topological polar surface area (TPSA) is 122 Å². The lowest BCUT2D eigenvalue weighted by molar-refractivity contribution is 0.0203. The highest BCUT2D eigenvalue weighted by Gasteiger charge is 2.29. The minimum Gasteiger partial charge on any atom is -0.444 e. The zero-order chi connectivity index (χ0) is 25.0. The Morgan fingerprint density at radius 2 is 2.00 bits per heavy atom. The van der Waals surface area contributed by atoms with E-state index in [2.05, 4.69) is 20.7 Å². The SMILES string of the molecule is Cn1nc(C2CCN(C(=O)OC(C)(C)C)CC2)nc1NC(=O)NCC(O)c1ccc(Cl)c(F)c1. The van der Waals surface area contributed by atoms with Crippen LogP contribution < -0.4 is 10.6 Å². The van der Waals surface area contributed by atoms with E-state index in [9.17, 15) is 19.1 Å². The van der Waals surface area contributed by atoms with E-state index in [1.807, 2.05) is 20.8 Å². The lowest BCUT2D eigenvalue weighted by atomic mass is 9.96. The van der Waals surface area contributed by atoms with Crippen molar-refractivity contribution < 1.29 is 23.8 Å². The van der Waals surface area contributed by atoms with Crippen LogP contribution in [-0.4, -0.2) is 62.1 Å². The van der Waals surface area contributed by atoms with Crippen molar-refractivity contribution in [3.05, 3.63) is 40.4 Å². The first kappa shape index (κ1) is 25.7. The number of nitrogens with one attached hydrogen (secondary N) is 2. The molecule has 0 spiro atoms. The fourth-order valence-electron chi connectivity index (χ4n) is 3.51. The molecule has 12 heteroatoms. The second-order valence-electron chi connectivity index (χ2n) is 9.18. The third kappa shape index (κ3) is 6.80. The molecule has 1 fully saturated rings. The molecule has 186 valence electrons. The molecule has 1 aliphatic heterocycles. The molecule has 2 heterocycles. The molecular formula is C22H30ClFN6O4. The van der Waals surface area contributed by atoms with E-state index in [0.717, 1.165) is 6.07 Å². The Bertz CT molecular complexity index is 1030. The molecule has 2 aromatic rings. The number of carbonyl (C=O) groups excluding carboxylic acids is 2. The average molecular weight is 497 g/mol. The lowest BCUT2D eigenvalue weighted by Crippen LogP contribution is -2.41. The summed E-state index contributed by atoms with van der Waals surface area (Å²) in [7, 11) is 1.66. The molecule has 3 N–H and O–H groups in total. The van der Waals surface area contributed by atoms with Crippen molar-refractivity contribution in [2.24, 2.45) is 7.05 Å². The predicted molar refractivity (Wildman–Crippen MR) is 124 cm³/mol. The van der Waals surface area contributed by atoms with Gasteiger partial charge in [-0.05, 0) is 51.3 Å². The van der Waals surface area contributed by atoms with E-state index in [4.69, 9.17) is 16.3 Å². The molecule has 0 radical (unpaired) electrons. The maximum absolute atomic E-state index is 13.6. The van der Waals surface area contributed by atoms with Crippen molar-refractivity contribution in [2.75, 3.05) is 25.0 Å². The van der Waals surface area contributed by atoms with Crippen LogP contribution in [-0.2, 0) is 11.8 Å². The van der Waals surface area contributed by atoms with E-state index >= 15 is 0 Å². The first-order chi connectivity index (χ1) is 15.9. The van der Waals surface area contributed by atoms with Gasteiger partial charge in [0, 0.05) is 32.6 Å². The summed E-state index contributed by atoms with van der Waals surface area (Å²) in [6, 6.07) is 3.36. The van der Waals surface area contributed by atoms with Crippen molar-refractivity contribution in [2.45, 2.75) is 51.2 Å². The van der Waals surface area contributed by atoms with Gasteiger partial charge in [-0.3, -0.25) is 5.32 Å². The number of hydrogen-bond donors (Lipinski definition) is 3. The Morgan fingerprint density at radius 1 is 1.32 bits per heavy atom. The third-order valence-corrected chi connectivity index (χ3v) is 5.61. The molecule has 0 saturated carbocycles. The number of aryl methyl sites for hydroxylation is 1. The number of nitrogens with zero attached hydrogens (tertiary/aromatic N) is 4. The second-order valence-corrected chi connectivity index (χ2v) is 9.59. The molecule has 10 nitrogen and oxygen atoms in total. The standard InChI is InChI=1S/C22H30ClFN6O4/c1-22(2,3)34-21(33)30-9-7-13(8-10-30)18-26-19(29(4)28-18)27-20(32)25-12-17(31)14-5-6-15(23)16(24)11-14/h5-6,11,13,17,31H,7-10,12H2,1-4H3,(H2,25,26,27,28,32). The molecule has 1 atom stereocenters. The van der Waals surface area contributed by atoms with Gasteiger partial charge in [-0.2, -0.15) is 10.1 Å². The van der Waals surface area contributed by atoms with Gasteiger partial charge in [0.15, 0.2) is 5.82 Å². The first-order valence-corrected chi connectivity index (χ1v) is 11.4. The number of aromatic nitrogens is 3. The number of urea groups is 1. The van der Waals surface area contributed by atoms with Crippen LogP contribution in [0, 0.1) is 5.82 Å². The molecule has 3 rings (SSSR count). The molecule has 0 bridgehead atoms. The number of ether oxygens (including phenoxy) is 1. The van der Waals surface area contributed by atoms with E-state index in [-0.39, 0.29) is 29.5 Å². The van der Waals surface area contributed by atoms with Crippen molar-refractivity contribution in [3.63, 3.8) is 0 Å². The van der Waals surface area contributed by atoms with E-state index in [1.54, 1.807) is 11.9 Å². The summed E-state index contributed by atoms with van der Waals surface area (Å²) in [6.07, 6.45) is -0.0810. The van der Waals surface area contributed by atoms with Gasteiger partial charge >= 0.3 is 12.1 Å². The van der Waals surface area contributed by atoms with Crippen molar-refractivity contribution in [1.29, 1.82) is 0 Å². The van der Waals surface area contributed by atoms with Crippen molar-refractivity contribution in [3.8, 4) is 0 Å². The van der Waals surface area contributed by atoms with Gasteiger partial charge in [0.2, 0.25) is 5.95 Å². The van der Waals surface area contributed by atoms with Crippen LogP contribution in [0.2, 0.25) is 5.02 Å². The van der Waals surface area contributed by atoms with Crippen LogP contribution in [0.4, 0.5) is 19.9 Å². The number of rotatable bonds is 5. The summed E-state index contributed by atoms with van der Waals surface area (Å²) < 4.78 is 20.4. The number of aliphatic hydroxyl groups is 1. The normalized spacial score (nSPS) is 15.7. The molecule has 1 aliphatic rings. The Morgan fingerprint density at radius 3 is 2.62 bits per heavy atom. The summed E-state index contributed by atoms with van der Waals surface area (Å²) in [5, 5.41) is 19.7. The first-order valence-electron chi connectivity index (χ1n) is 11.0. The number of hydrogen-bond acceptors (Lipinski definition) is 6.